The Morgan fingerprint density at radius 2 is 2.00 bits per heavy atom. The molecule has 0 aromatic rings. The van der Waals surface area contributed by atoms with Gasteiger partial charge in [0.1, 0.15) is 6.29 Å². The third-order valence-electron chi connectivity index (χ3n) is 7.14. The van der Waals surface area contributed by atoms with E-state index in [-0.39, 0.29) is 16.2 Å². The quantitative estimate of drug-likeness (QED) is 0.496. The van der Waals surface area contributed by atoms with Gasteiger partial charge in [0.15, 0.2) is 0 Å². The van der Waals surface area contributed by atoms with Gasteiger partial charge in [-0.2, -0.15) is 0 Å². The minimum Gasteiger partial charge on any atom is -0.303 e. The van der Waals surface area contributed by atoms with E-state index < -0.39 is 0 Å². The third-order valence-corrected chi connectivity index (χ3v) is 7.14. The van der Waals surface area contributed by atoms with Gasteiger partial charge in [-0.3, -0.25) is 0 Å². The Bertz CT molecular complexity index is 490. The van der Waals surface area contributed by atoms with Crippen molar-refractivity contribution in [2.24, 2.45) is 28.1 Å². The summed E-state index contributed by atoms with van der Waals surface area (Å²) in [5.41, 5.74) is 2.13. The number of carbonyl (C=O) groups is 1. The second kappa shape index (κ2) is 4.83. The molecule has 0 saturated heterocycles. The Labute approximate surface area is 129 Å². The lowest BCUT2D eigenvalue weighted by Gasteiger charge is -2.58. The summed E-state index contributed by atoms with van der Waals surface area (Å²) < 4.78 is 0. The van der Waals surface area contributed by atoms with E-state index >= 15 is 0 Å². The minimum atomic E-state index is -0.0992. The first-order valence-electron chi connectivity index (χ1n) is 8.67. The maximum Gasteiger partial charge on any atom is 0.126 e. The smallest absolute Gasteiger partial charge is 0.126 e. The van der Waals surface area contributed by atoms with Crippen molar-refractivity contribution in [1.29, 1.82) is 0 Å². The number of fused-ring (bicyclic) bond motifs is 3. The SMILES string of the molecule is C=C[C@@]1(C)CC=C2[C@@H](CC[C@H]3[C@@]2(C)CCC[C@@]3(C)C=O)C1. The summed E-state index contributed by atoms with van der Waals surface area (Å²) >= 11 is 0. The van der Waals surface area contributed by atoms with E-state index in [2.05, 4.69) is 39.5 Å². The third kappa shape index (κ3) is 2.15. The molecule has 0 aliphatic heterocycles. The maximum atomic E-state index is 11.8. The molecule has 1 heteroatoms. The molecule has 3 aliphatic rings. The van der Waals surface area contributed by atoms with Gasteiger partial charge in [0.2, 0.25) is 0 Å². The molecule has 0 bridgehead atoms. The van der Waals surface area contributed by atoms with E-state index in [1.807, 2.05) is 0 Å². The average molecular weight is 286 g/mol. The first-order valence-corrected chi connectivity index (χ1v) is 8.67. The number of rotatable bonds is 2. The van der Waals surface area contributed by atoms with Crippen LogP contribution < -0.4 is 0 Å². The normalized spacial score (nSPS) is 49.6. The summed E-state index contributed by atoms with van der Waals surface area (Å²) in [5.74, 6) is 1.27. The fourth-order valence-corrected chi connectivity index (χ4v) is 5.81. The second-order valence-corrected chi connectivity index (χ2v) is 8.65. The number of aldehydes is 1. The molecule has 2 saturated carbocycles. The van der Waals surface area contributed by atoms with Gasteiger partial charge in [-0.25, -0.2) is 0 Å². The van der Waals surface area contributed by atoms with Crippen LogP contribution in [0.3, 0.4) is 0 Å². The van der Waals surface area contributed by atoms with Crippen molar-refractivity contribution in [3.63, 3.8) is 0 Å². The van der Waals surface area contributed by atoms with Crippen LogP contribution in [0, 0.1) is 28.1 Å². The van der Waals surface area contributed by atoms with Gasteiger partial charge >= 0.3 is 0 Å². The summed E-state index contributed by atoms with van der Waals surface area (Å²) in [6, 6.07) is 0. The summed E-state index contributed by atoms with van der Waals surface area (Å²) in [6.45, 7) is 11.1. The lowest BCUT2D eigenvalue weighted by Crippen LogP contribution is -2.50. The molecular formula is C20H30O. The van der Waals surface area contributed by atoms with E-state index in [0.717, 1.165) is 18.8 Å². The zero-order chi connectivity index (χ0) is 15.3. The molecule has 0 unspecified atom stereocenters. The van der Waals surface area contributed by atoms with Crippen molar-refractivity contribution in [3.8, 4) is 0 Å². The molecule has 3 rings (SSSR count). The van der Waals surface area contributed by atoms with Crippen LogP contribution in [-0.4, -0.2) is 6.29 Å². The molecule has 0 N–H and O–H groups in total. The van der Waals surface area contributed by atoms with E-state index in [1.54, 1.807) is 5.57 Å². The van der Waals surface area contributed by atoms with E-state index in [4.69, 9.17) is 0 Å². The monoisotopic (exact) mass is 286 g/mol. The highest BCUT2D eigenvalue weighted by atomic mass is 16.1. The van der Waals surface area contributed by atoms with Crippen LogP contribution in [0.5, 0.6) is 0 Å². The highest BCUT2D eigenvalue weighted by molar-refractivity contribution is 5.60. The van der Waals surface area contributed by atoms with Crippen LogP contribution in [0.25, 0.3) is 0 Å². The van der Waals surface area contributed by atoms with E-state index in [1.165, 1.54) is 38.4 Å². The number of hydrogen-bond donors (Lipinski definition) is 0. The van der Waals surface area contributed by atoms with Crippen LogP contribution in [0.15, 0.2) is 24.3 Å². The predicted molar refractivity (Wildman–Crippen MR) is 88.0 cm³/mol. The lowest BCUT2D eigenvalue weighted by molar-refractivity contribution is -0.126. The molecule has 1 nitrogen and oxygen atoms in total. The van der Waals surface area contributed by atoms with Gasteiger partial charge in [-0.15, -0.1) is 6.58 Å². The highest BCUT2D eigenvalue weighted by Crippen LogP contribution is 2.63. The lowest BCUT2D eigenvalue weighted by atomic mass is 9.46. The fourth-order valence-electron chi connectivity index (χ4n) is 5.81. The van der Waals surface area contributed by atoms with Crippen LogP contribution in [0.1, 0.15) is 65.7 Å². The molecule has 3 aliphatic carbocycles. The summed E-state index contributed by atoms with van der Waals surface area (Å²) in [6.07, 6.45) is 14.4. The minimum absolute atomic E-state index is 0.0992. The van der Waals surface area contributed by atoms with Crippen LogP contribution in [0.2, 0.25) is 0 Å². The van der Waals surface area contributed by atoms with Crippen molar-refractivity contribution in [2.75, 3.05) is 0 Å². The summed E-state index contributed by atoms with van der Waals surface area (Å²) in [5, 5.41) is 0. The van der Waals surface area contributed by atoms with Gasteiger partial charge in [0.05, 0.1) is 0 Å². The van der Waals surface area contributed by atoms with Crippen LogP contribution in [0.4, 0.5) is 0 Å². The molecule has 0 radical (unpaired) electrons. The Hall–Kier alpha value is -0.850. The molecule has 21 heavy (non-hydrogen) atoms. The molecule has 0 amide bonds. The Balaban J connectivity index is 1.98. The van der Waals surface area contributed by atoms with Crippen molar-refractivity contribution >= 4 is 6.29 Å². The van der Waals surface area contributed by atoms with Gasteiger partial charge in [0, 0.05) is 5.41 Å². The molecule has 0 aromatic carbocycles. The van der Waals surface area contributed by atoms with Crippen molar-refractivity contribution < 1.29 is 4.79 Å². The Morgan fingerprint density at radius 1 is 1.24 bits per heavy atom. The molecule has 2 fully saturated rings. The van der Waals surface area contributed by atoms with Gasteiger partial charge in [0.25, 0.3) is 0 Å². The Morgan fingerprint density at radius 3 is 2.67 bits per heavy atom. The summed E-state index contributed by atoms with van der Waals surface area (Å²) in [4.78, 5) is 11.8. The highest BCUT2D eigenvalue weighted by Gasteiger charge is 2.54. The fraction of sp³-hybridized carbons (Fsp3) is 0.750. The molecule has 5 atom stereocenters. The first-order chi connectivity index (χ1) is 9.87. The van der Waals surface area contributed by atoms with Gasteiger partial charge in [-0.05, 0) is 61.2 Å². The van der Waals surface area contributed by atoms with Crippen LogP contribution in [-0.2, 0) is 4.79 Å². The van der Waals surface area contributed by atoms with E-state index in [9.17, 15) is 4.79 Å². The maximum absolute atomic E-state index is 11.8. The standard InChI is InChI=1S/C20H30O/c1-5-18(2)12-9-16-15(13-18)7-8-17-19(3,14-21)10-6-11-20(16,17)4/h5,9,14-15,17H,1,6-8,10-13H2,2-4H3/t15-,17+,18-,19-,20-/m0/s1. The first kappa shape index (κ1) is 15.1. The van der Waals surface area contributed by atoms with E-state index in [0.29, 0.717) is 5.92 Å². The van der Waals surface area contributed by atoms with Gasteiger partial charge < -0.3 is 4.79 Å². The number of allylic oxidation sites excluding steroid dienone is 3. The molecule has 116 valence electrons. The second-order valence-electron chi connectivity index (χ2n) is 8.65. The molecular weight excluding hydrogens is 256 g/mol. The topological polar surface area (TPSA) is 17.1 Å². The average Bonchev–Trinajstić information content (AvgIpc) is 2.46. The van der Waals surface area contributed by atoms with Crippen LogP contribution >= 0.6 is 0 Å². The largest absolute Gasteiger partial charge is 0.303 e. The number of carbonyl (C=O) groups excluding carboxylic acids is 1. The molecule has 0 heterocycles. The number of hydrogen-bond acceptors (Lipinski definition) is 1. The Kier molecular flexibility index (Phi) is 3.46. The zero-order valence-electron chi connectivity index (χ0n) is 14.0. The zero-order valence-corrected chi connectivity index (χ0v) is 14.0. The molecule has 0 spiro atoms. The van der Waals surface area contributed by atoms with Crippen molar-refractivity contribution in [3.05, 3.63) is 24.3 Å². The molecule has 0 aromatic heterocycles. The van der Waals surface area contributed by atoms with Crippen molar-refractivity contribution in [1.82, 2.24) is 0 Å². The van der Waals surface area contributed by atoms with Gasteiger partial charge in [-0.1, -0.05) is 44.9 Å². The predicted octanol–water partition coefficient (Wildman–Crippen LogP) is 5.32. The van der Waals surface area contributed by atoms with Crippen molar-refractivity contribution in [2.45, 2.75) is 65.7 Å². The summed E-state index contributed by atoms with van der Waals surface area (Å²) in [7, 11) is 0.